The lowest BCUT2D eigenvalue weighted by Gasteiger charge is -2.44. The zero-order chi connectivity index (χ0) is 32.0. The monoisotopic (exact) mass is 644 g/mol. The number of fused-ring (bicyclic) bond motifs is 1. The van der Waals surface area contributed by atoms with Crippen molar-refractivity contribution in [2.45, 2.75) is 43.5 Å². The first-order valence-electron chi connectivity index (χ1n) is 14.3. The molecule has 2 N–H and O–H groups in total. The van der Waals surface area contributed by atoms with Gasteiger partial charge < -0.3 is 24.5 Å². The van der Waals surface area contributed by atoms with Crippen LogP contribution in [0.4, 0.5) is 23.4 Å². The Labute approximate surface area is 257 Å². The van der Waals surface area contributed by atoms with E-state index in [0.29, 0.717) is 19.0 Å². The molecule has 0 unspecified atom stereocenters. The molecule has 1 spiro atoms. The van der Waals surface area contributed by atoms with Crippen LogP contribution >= 0.6 is 11.8 Å². The van der Waals surface area contributed by atoms with Crippen molar-refractivity contribution in [1.29, 1.82) is 0 Å². The van der Waals surface area contributed by atoms with E-state index < -0.39 is 34.4 Å². The van der Waals surface area contributed by atoms with Gasteiger partial charge in [0.1, 0.15) is 17.2 Å². The lowest BCUT2D eigenvalue weighted by Crippen LogP contribution is -2.58. The highest BCUT2D eigenvalue weighted by molar-refractivity contribution is 7.99. The molecule has 10 nitrogen and oxygen atoms in total. The summed E-state index contributed by atoms with van der Waals surface area (Å²) in [6, 6.07) is 2.53. The van der Waals surface area contributed by atoms with Crippen molar-refractivity contribution in [3.05, 3.63) is 63.2 Å². The quantitative estimate of drug-likeness (QED) is 0.255. The Balaban J connectivity index is 1.55. The number of piperazine rings is 1. The van der Waals surface area contributed by atoms with Crippen molar-refractivity contribution < 1.29 is 27.1 Å². The first-order valence-corrected chi connectivity index (χ1v) is 15.3. The molecule has 2 aromatic heterocycles. The van der Waals surface area contributed by atoms with Gasteiger partial charge in [0.05, 0.1) is 29.8 Å². The molecule has 0 radical (unpaired) electrons. The maximum absolute atomic E-state index is 15.1. The number of aromatic nitrogens is 4. The summed E-state index contributed by atoms with van der Waals surface area (Å²) in [5.41, 5.74) is -3.27. The number of alkyl halides is 3. The number of H-pyrrole nitrogens is 2. The maximum Gasteiger partial charge on any atom is 0.417 e. The van der Waals surface area contributed by atoms with E-state index >= 15 is 13.2 Å². The minimum atomic E-state index is -4.88. The third-order valence-electron chi connectivity index (χ3n) is 8.89. The van der Waals surface area contributed by atoms with E-state index in [1.807, 2.05) is 13.8 Å². The van der Waals surface area contributed by atoms with Gasteiger partial charge in [-0.05, 0) is 38.1 Å². The summed E-state index contributed by atoms with van der Waals surface area (Å²) >= 11 is 1.18. The Bertz CT molecular complexity index is 2020. The third-order valence-corrected chi connectivity index (χ3v) is 10.3. The van der Waals surface area contributed by atoms with E-state index in [4.69, 9.17) is 4.74 Å². The molecule has 0 aliphatic carbocycles. The first kappa shape index (κ1) is 29.6. The summed E-state index contributed by atoms with van der Waals surface area (Å²) in [5, 5.41) is 0.134. The Morgan fingerprint density at radius 2 is 1.84 bits per heavy atom. The third kappa shape index (κ3) is 4.57. The number of thioether (sulfide) groups is 1. The zero-order valence-corrected chi connectivity index (χ0v) is 25.1. The van der Waals surface area contributed by atoms with Gasteiger partial charge in [0.15, 0.2) is 0 Å². The molecule has 3 aliphatic rings. The molecule has 236 valence electrons. The molecular weight excluding hydrogens is 616 g/mol. The van der Waals surface area contributed by atoms with Crippen molar-refractivity contribution in [3.8, 4) is 11.1 Å². The maximum atomic E-state index is 15.1. The van der Waals surface area contributed by atoms with Gasteiger partial charge in [-0.15, -0.1) is 11.8 Å². The van der Waals surface area contributed by atoms with Crippen molar-refractivity contribution in [3.63, 3.8) is 0 Å². The van der Waals surface area contributed by atoms with Crippen LogP contribution in [0.1, 0.15) is 19.4 Å². The summed E-state index contributed by atoms with van der Waals surface area (Å²) in [5.74, 6) is -0.615. The summed E-state index contributed by atoms with van der Waals surface area (Å²) in [6.45, 7) is 8.50. The van der Waals surface area contributed by atoms with Gasteiger partial charge in [-0.2, -0.15) is 18.2 Å². The number of halogens is 4. The van der Waals surface area contributed by atoms with E-state index in [1.165, 1.54) is 28.5 Å². The molecule has 5 heterocycles. The number of benzene rings is 2. The van der Waals surface area contributed by atoms with Crippen molar-refractivity contribution in [1.82, 2.24) is 24.4 Å². The van der Waals surface area contributed by atoms with Gasteiger partial charge in [0, 0.05) is 64.3 Å². The highest BCUT2D eigenvalue weighted by Crippen LogP contribution is 2.51. The van der Waals surface area contributed by atoms with Gasteiger partial charge in [0.25, 0.3) is 0 Å². The van der Waals surface area contributed by atoms with Crippen LogP contribution in [0.3, 0.4) is 0 Å². The topological polar surface area (TPSA) is 116 Å². The second-order valence-corrected chi connectivity index (χ2v) is 13.1. The number of aromatic amines is 2. The number of carbonyl (C=O) groups excluding carboxylic acids is 1. The molecular formula is C30H28F4N6O4S. The van der Waals surface area contributed by atoms with Gasteiger partial charge >= 0.3 is 17.6 Å². The second-order valence-electron chi connectivity index (χ2n) is 12.1. The van der Waals surface area contributed by atoms with E-state index in [1.54, 1.807) is 9.80 Å². The van der Waals surface area contributed by atoms with Crippen molar-refractivity contribution in [2.75, 3.05) is 37.0 Å². The average Bonchev–Trinajstić information content (AvgIpc) is 3.25. The minimum absolute atomic E-state index is 0.0292. The number of nitrogens with one attached hydrogen (secondary N) is 2. The molecule has 2 atom stereocenters. The van der Waals surface area contributed by atoms with Crippen LogP contribution in [-0.2, 0) is 22.3 Å². The molecule has 1 amide bonds. The van der Waals surface area contributed by atoms with E-state index in [0.717, 1.165) is 12.1 Å². The van der Waals surface area contributed by atoms with Crippen LogP contribution in [0.25, 0.3) is 33.1 Å². The number of nitrogens with zero attached hydrogens (tertiary/aromatic N) is 4. The molecule has 4 aromatic rings. The zero-order valence-electron chi connectivity index (χ0n) is 24.3. The fraction of sp³-hybridized carbons (Fsp3) is 0.400. The number of hydrogen-bond donors (Lipinski definition) is 2. The Kier molecular flexibility index (Phi) is 6.71. The lowest BCUT2D eigenvalue weighted by molar-refractivity contribution is -0.137. The van der Waals surface area contributed by atoms with Crippen molar-refractivity contribution in [2.24, 2.45) is 5.41 Å². The number of carbonyl (C=O) groups is 1. The average molecular weight is 645 g/mol. The number of imidazole rings is 1. The summed E-state index contributed by atoms with van der Waals surface area (Å²) in [7, 11) is 0. The van der Waals surface area contributed by atoms with Gasteiger partial charge in [-0.3, -0.25) is 9.36 Å². The van der Waals surface area contributed by atoms with E-state index in [-0.39, 0.29) is 81.4 Å². The fourth-order valence-electron chi connectivity index (χ4n) is 6.92. The van der Waals surface area contributed by atoms with Crippen LogP contribution in [0, 0.1) is 11.2 Å². The fourth-order valence-corrected chi connectivity index (χ4v) is 8.35. The number of amides is 1. The lowest BCUT2D eigenvalue weighted by atomic mass is 9.88. The summed E-state index contributed by atoms with van der Waals surface area (Å²) < 4.78 is 67.0. The normalized spacial score (nSPS) is 21.3. The Morgan fingerprint density at radius 3 is 2.47 bits per heavy atom. The Hall–Kier alpha value is -4.11. The van der Waals surface area contributed by atoms with Crippen LogP contribution in [0.2, 0.25) is 0 Å². The second kappa shape index (κ2) is 10.2. The molecule has 7 rings (SSSR count). The molecule has 2 saturated heterocycles. The standard InChI is InChI=1S/C30H28F4N6O4S/c1-4-20(41)40-14(2)8-38(9-15(40)3)26-17-7-18(30(32,33)34)21(16-5-6-19(31)23-22(16)35-27(42)36-23)25-24(17)39(28(43)37-26)10-29(13-45-25)11-44-12-29/h4-7,14-15H,1,8-13H2,2-3H3,(H2,35,36,42)/t14-,15+. The smallest absolute Gasteiger partial charge is 0.380 e. The van der Waals surface area contributed by atoms with Crippen molar-refractivity contribution >= 4 is 45.4 Å². The molecule has 0 saturated carbocycles. The summed E-state index contributed by atoms with van der Waals surface area (Å²) in [6.07, 6.45) is -3.66. The predicted molar refractivity (Wildman–Crippen MR) is 161 cm³/mol. The molecule has 15 heteroatoms. The van der Waals surface area contributed by atoms with Crippen LogP contribution < -0.4 is 16.3 Å². The number of rotatable bonds is 3. The molecule has 45 heavy (non-hydrogen) atoms. The van der Waals surface area contributed by atoms with E-state index in [9.17, 15) is 18.8 Å². The molecule has 3 aliphatic heterocycles. The molecule has 0 bridgehead atoms. The highest BCUT2D eigenvalue weighted by atomic mass is 32.2. The van der Waals surface area contributed by atoms with Crippen LogP contribution in [-0.4, -0.2) is 74.5 Å². The number of hydrogen-bond acceptors (Lipinski definition) is 7. The Morgan fingerprint density at radius 1 is 1.16 bits per heavy atom. The number of anilines is 1. The highest BCUT2D eigenvalue weighted by Gasteiger charge is 2.45. The minimum Gasteiger partial charge on any atom is -0.380 e. The summed E-state index contributed by atoms with van der Waals surface area (Å²) in [4.78, 5) is 51.4. The molecule has 2 aromatic carbocycles. The predicted octanol–water partition coefficient (Wildman–Crippen LogP) is 4.12. The van der Waals surface area contributed by atoms with Gasteiger partial charge in [-0.1, -0.05) is 6.58 Å². The van der Waals surface area contributed by atoms with Gasteiger partial charge in [0.2, 0.25) is 5.91 Å². The van der Waals surface area contributed by atoms with Crippen LogP contribution in [0.15, 0.2) is 45.3 Å². The van der Waals surface area contributed by atoms with Crippen LogP contribution in [0.5, 0.6) is 0 Å². The SMILES string of the molecule is C=CC(=O)N1[C@H](C)CN(c2nc(=O)n3c4c(c(-c5ccc(F)c6[nH]c(=O)[nH]c56)c(C(F)(F)F)cc24)SCC2(COC2)C3)C[C@@H]1C. The largest absolute Gasteiger partial charge is 0.417 e. The first-order chi connectivity index (χ1) is 21.3. The van der Waals surface area contributed by atoms with Gasteiger partial charge in [-0.25, -0.2) is 14.0 Å². The number of ether oxygens (including phenoxy) is 1. The molecule has 2 fully saturated rings. The van der Waals surface area contributed by atoms with E-state index in [2.05, 4.69) is 21.5 Å².